The number of rotatable bonds is 18. The fraction of sp³-hybridized carbons (Fsp3) is 0.756. The average molecular weight is 759 g/mol. The molecule has 1 aromatic rings. The second-order valence-corrected chi connectivity index (χ2v) is 16.5. The van der Waals surface area contributed by atoms with Crippen LogP contribution in [0.25, 0.3) is 0 Å². The van der Waals surface area contributed by atoms with Crippen LogP contribution in [0, 0.1) is 17.8 Å². The first-order valence-electron chi connectivity index (χ1n) is 19.8. The zero-order valence-electron chi connectivity index (χ0n) is 34.8. The Morgan fingerprint density at radius 2 is 1.67 bits per heavy atom. The Morgan fingerprint density at radius 1 is 1.00 bits per heavy atom. The number of benzene rings is 1. The Bertz CT molecular complexity index is 1360. The van der Waals surface area contributed by atoms with Crippen molar-refractivity contribution in [3.8, 4) is 0 Å². The average Bonchev–Trinajstić information content (AvgIpc) is 3.62. The van der Waals surface area contributed by atoms with E-state index in [1.54, 1.807) is 33.1 Å². The van der Waals surface area contributed by atoms with Gasteiger partial charge >= 0.3 is 6.03 Å². The summed E-state index contributed by atoms with van der Waals surface area (Å²) >= 11 is 0. The number of hydrogen-bond acceptors (Lipinski definition) is 8. The molecule has 306 valence electrons. The smallest absolute Gasteiger partial charge is 0.318 e. The van der Waals surface area contributed by atoms with Crippen molar-refractivity contribution >= 4 is 23.8 Å². The third-order valence-corrected chi connectivity index (χ3v) is 11.7. The zero-order valence-corrected chi connectivity index (χ0v) is 34.8. The molecule has 0 spiro atoms. The number of nitrogens with zero attached hydrogens (tertiary/aromatic N) is 4. The van der Waals surface area contributed by atoms with Gasteiger partial charge in [-0.1, -0.05) is 71.4 Å². The van der Waals surface area contributed by atoms with Gasteiger partial charge < -0.3 is 44.8 Å². The number of carbonyl (C=O) groups excluding carboxylic acids is 4. The molecule has 0 saturated carbocycles. The maximum absolute atomic E-state index is 14.3. The molecule has 2 fully saturated rings. The van der Waals surface area contributed by atoms with E-state index >= 15 is 0 Å². The minimum atomic E-state index is -0.770. The summed E-state index contributed by atoms with van der Waals surface area (Å²) in [5.41, 5.74) is 0.616. The van der Waals surface area contributed by atoms with Crippen LogP contribution in [0.5, 0.6) is 0 Å². The van der Waals surface area contributed by atoms with Crippen molar-refractivity contribution in [2.45, 2.75) is 122 Å². The predicted molar refractivity (Wildman–Crippen MR) is 211 cm³/mol. The van der Waals surface area contributed by atoms with E-state index < -0.39 is 41.8 Å². The summed E-state index contributed by atoms with van der Waals surface area (Å²) in [6.07, 6.45) is 1.54. The van der Waals surface area contributed by atoms with Crippen LogP contribution in [-0.4, -0.2) is 151 Å². The van der Waals surface area contributed by atoms with Crippen LogP contribution < -0.4 is 10.6 Å². The summed E-state index contributed by atoms with van der Waals surface area (Å²) in [4.78, 5) is 63.2. The minimum absolute atomic E-state index is 0.0167. The fourth-order valence-electron chi connectivity index (χ4n) is 8.42. The highest BCUT2D eigenvalue weighted by Gasteiger charge is 2.44. The van der Waals surface area contributed by atoms with Crippen molar-refractivity contribution in [2.75, 3.05) is 61.1 Å². The van der Waals surface area contributed by atoms with Gasteiger partial charge in [-0.3, -0.25) is 14.4 Å². The van der Waals surface area contributed by atoms with Gasteiger partial charge in [-0.2, -0.15) is 0 Å². The number of amides is 5. The molecule has 13 nitrogen and oxygen atoms in total. The number of methoxy groups -OCH3 is 2. The molecule has 8 atom stereocenters. The Morgan fingerprint density at radius 3 is 2.22 bits per heavy atom. The SMILES string of the molecule is CC[C@H](C)[C@@H]([C@H](CC(=O)N1CCC[C@H]1[C@H](OC)[C@@H](C)C(=O)N[C@H](CO)Cc1ccccc1)OC)N(C)C(=O)[C@@H](NC(=O)N1CCN(C)CC1(C)C)C(C)C. The first-order chi connectivity index (χ1) is 25.5. The van der Waals surface area contributed by atoms with Crippen LogP contribution in [0.4, 0.5) is 4.79 Å². The van der Waals surface area contributed by atoms with Crippen LogP contribution in [0.2, 0.25) is 0 Å². The van der Waals surface area contributed by atoms with E-state index in [2.05, 4.69) is 29.4 Å². The molecular formula is C41H70N6O7. The van der Waals surface area contributed by atoms with Crippen molar-refractivity contribution < 1.29 is 33.8 Å². The number of likely N-dealkylation sites (N-methyl/N-ethyl adjacent to an activating group) is 2. The van der Waals surface area contributed by atoms with E-state index in [0.29, 0.717) is 25.9 Å². The zero-order chi connectivity index (χ0) is 40.3. The lowest BCUT2D eigenvalue weighted by Gasteiger charge is -2.46. The summed E-state index contributed by atoms with van der Waals surface area (Å²) in [5, 5.41) is 16.1. The highest BCUT2D eigenvalue weighted by atomic mass is 16.5. The highest BCUT2D eigenvalue weighted by molar-refractivity contribution is 5.88. The van der Waals surface area contributed by atoms with Gasteiger partial charge in [0.25, 0.3) is 0 Å². The number of ether oxygens (including phenoxy) is 2. The monoisotopic (exact) mass is 759 g/mol. The Labute approximate surface area is 324 Å². The highest BCUT2D eigenvalue weighted by Crippen LogP contribution is 2.30. The van der Waals surface area contributed by atoms with Gasteiger partial charge in [0.1, 0.15) is 6.04 Å². The standard InChI is InChI=1S/C41H70N6O7/c1-12-28(4)36(45(9)39(51)35(27(2)3)43-40(52)47-22-21-44(8)26-41(47,6)7)33(53-10)24-34(49)46-20-16-19-32(46)37(54-11)29(5)38(50)42-31(25-48)23-30-17-14-13-15-18-30/h13-15,17-18,27-29,31-33,35-37,48H,12,16,19-26H2,1-11H3,(H,42,50)(H,43,52)/t28-,29+,31-,32-,33-,35-,36-,37+/m0/s1. The normalized spacial score (nSPS) is 21.5. The number of urea groups is 1. The molecule has 3 N–H and O–H groups in total. The van der Waals surface area contributed by atoms with E-state index in [4.69, 9.17) is 9.47 Å². The van der Waals surface area contributed by atoms with Crippen LogP contribution in [-0.2, 0) is 30.3 Å². The third-order valence-electron chi connectivity index (χ3n) is 11.7. The molecular weight excluding hydrogens is 688 g/mol. The molecule has 5 amide bonds. The molecule has 2 aliphatic heterocycles. The van der Waals surface area contributed by atoms with Gasteiger partial charge in [0, 0.05) is 47.4 Å². The molecule has 13 heteroatoms. The molecule has 54 heavy (non-hydrogen) atoms. The summed E-state index contributed by atoms with van der Waals surface area (Å²) < 4.78 is 12.0. The lowest BCUT2D eigenvalue weighted by molar-refractivity contribution is -0.147. The Hall–Kier alpha value is -3.26. The summed E-state index contributed by atoms with van der Waals surface area (Å²) in [6.45, 7) is 16.2. The van der Waals surface area contributed by atoms with Gasteiger partial charge in [0.15, 0.2) is 0 Å². The van der Waals surface area contributed by atoms with E-state index in [-0.39, 0.29) is 54.7 Å². The quantitative estimate of drug-likeness (QED) is 0.207. The number of aliphatic hydroxyl groups is 1. The third kappa shape index (κ3) is 11.4. The van der Waals surface area contributed by atoms with Gasteiger partial charge in [0.2, 0.25) is 17.7 Å². The van der Waals surface area contributed by atoms with E-state index in [0.717, 1.165) is 31.5 Å². The molecule has 0 unspecified atom stereocenters. The Balaban J connectivity index is 1.75. The van der Waals surface area contributed by atoms with Crippen molar-refractivity contribution in [1.29, 1.82) is 0 Å². The van der Waals surface area contributed by atoms with Crippen LogP contribution in [0.1, 0.15) is 79.7 Å². The summed E-state index contributed by atoms with van der Waals surface area (Å²) in [5.74, 6) is -1.38. The van der Waals surface area contributed by atoms with Crippen LogP contribution in [0.15, 0.2) is 30.3 Å². The number of piperazine rings is 1. The van der Waals surface area contributed by atoms with Gasteiger partial charge in [-0.05, 0) is 57.6 Å². The first kappa shape index (κ1) is 45.1. The molecule has 0 radical (unpaired) electrons. The van der Waals surface area contributed by atoms with Crippen molar-refractivity contribution in [3.05, 3.63) is 35.9 Å². The van der Waals surface area contributed by atoms with Crippen molar-refractivity contribution in [2.24, 2.45) is 17.8 Å². The number of likely N-dealkylation sites (tertiary alicyclic amines) is 1. The largest absolute Gasteiger partial charge is 0.394 e. The van der Waals surface area contributed by atoms with Crippen LogP contribution in [0.3, 0.4) is 0 Å². The maximum Gasteiger partial charge on any atom is 0.318 e. The lowest BCUT2D eigenvalue weighted by atomic mass is 9.89. The van der Waals surface area contributed by atoms with Crippen LogP contribution >= 0.6 is 0 Å². The summed E-state index contributed by atoms with van der Waals surface area (Å²) in [6, 6.07) is 7.44. The fourth-order valence-corrected chi connectivity index (χ4v) is 8.42. The lowest BCUT2D eigenvalue weighted by Crippen LogP contribution is -2.65. The minimum Gasteiger partial charge on any atom is -0.394 e. The van der Waals surface area contributed by atoms with E-state index in [1.807, 2.05) is 74.9 Å². The second-order valence-electron chi connectivity index (χ2n) is 16.5. The first-order valence-corrected chi connectivity index (χ1v) is 19.8. The second kappa shape index (κ2) is 20.6. The topological polar surface area (TPSA) is 144 Å². The number of nitrogens with one attached hydrogen (secondary N) is 2. The van der Waals surface area contributed by atoms with E-state index in [9.17, 15) is 24.3 Å². The summed E-state index contributed by atoms with van der Waals surface area (Å²) in [7, 11) is 6.92. The number of hydrogen-bond donors (Lipinski definition) is 3. The Kier molecular flexibility index (Phi) is 17.2. The van der Waals surface area contributed by atoms with Gasteiger partial charge in [0.05, 0.1) is 54.8 Å². The molecule has 2 heterocycles. The number of carbonyl (C=O) groups is 4. The van der Waals surface area contributed by atoms with Crippen molar-refractivity contribution in [1.82, 2.24) is 30.2 Å². The predicted octanol–water partition coefficient (Wildman–Crippen LogP) is 3.39. The van der Waals surface area contributed by atoms with Gasteiger partial charge in [-0.15, -0.1) is 0 Å². The molecule has 2 saturated heterocycles. The molecule has 0 aromatic heterocycles. The molecule has 3 rings (SSSR count). The molecule has 2 aliphatic rings. The molecule has 0 aliphatic carbocycles. The number of aliphatic hydroxyl groups excluding tert-OH is 1. The van der Waals surface area contributed by atoms with Crippen molar-refractivity contribution in [3.63, 3.8) is 0 Å². The van der Waals surface area contributed by atoms with Gasteiger partial charge in [-0.25, -0.2) is 4.79 Å². The van der Waals surface area contributed by atoms with E-state index in [1.165, 1.54) is 0 Å². The maximum atomic E-state index is 14.3. The molecule has 0 bridgehead atoms. The molecule has 1 aromatic carbocycles.